The van der Waals surface area contributed by atoms with Crippen LogP contribution in [0.3, 0.4) is 0 Å². The summed E-state index contributed by atoms with van der Waals surface area (Å²) in [5.41, 5.74) is 1.04. The highest BCUT2D eigenvalue weighted by atomic mass is 32.2. The molecule has 0 radical (unpaired) electrons. The van der Waals surface area contributed by atoms with Crippen LogP contribution in [0.15, 0.2) is 58.6 Å². The first-order valence-corrected chi connectivity index (χ1v) is 11.2. The van der Waals surface area contributed by atoms with Gasteiger partial charge in [0.25, 0.3) is 0 Å². The summed E-state index contributed by atoms with van der Waals surface area (Å²) >= 11 is 1.31. The van der Waals surface area contributed by atoms with Crippen molar-refractivity contribution in [1.82, 2.24) is 14.6 Å². The fourth-order valence-corrected chi connectivity index (χ4v) is 5.11. The average Bonchev–Trinajstić information content (AvgIpc) is 3.23. The molecule has 6 nitrogen and oxygen atoms in total. The Balaban J connectivity index is 1.56. The molecule has 2 aromatic rings. The van der Waals surface area contributed by atoms with Crippen LogP contribution in [0.1, 0.15) is 25.3 Å². The number of carbonyl (C=O) groups excluding carboxylic acids is 1. The van der Waals surface area contributed by atoms with Gasteiger partial charge in [-0.05, 0) is 37.5 Å². The van der Waals surface area contributed by atoms with E-state index in [0.29, 0.717) is 24.7 Å². The zero-order valence-electron chi connectivity index (χ0n) is 15.2. The number of sulfonamides is 1. The topological polar surface area (TPSA) is 79.4 Å². The van der Waals surface area contributed by atoms with E-state index in [9.17, 15) is 13.2 Å². The van der Waals surface area contributed by atoms with Gasteiger partial charge in [-0.2, -0.15) is 4.31 Å². The van der Waals surface area contributed by atoms with Gasteiger partial charge in [-0.25, -0.2) is 13.4 Å². The molecule has 144 valence electrons. The highest BCUT2D eigenvalue weighted by Gasteiger charge is 2.27. The van der Waals surface area contributed by atoms with E-state index in [1.807, 2.05) is 37.3 Å². The highest BCUT2D eigenvalue weighted by Crippen LogP contribution is 2.25. The van der Waals surface area contributed by atoms with Crippen LogP contribution in [0.5, 0.6) is 0 Å². The van der Waals surface area contributed by atoms with Gasteiger partial charge in [0, 0.05) is 25.8 Å². The van der Waals surface area contributed by atoms with Gasteiger partial charge in [0.1, 0.15) is 4.90 Å². The maximum absolute atomic E-state index is 12.5. The van der Waals surface area contributed by atoms with Crippen LogP contribution in [-0.4, -0.2) is 42.0 Å². The highest BCUT2D eigenvalue weighted by molar-refractivity contribution is 8.00. The van der Waals surface area contributed by atoms with Crippen LogP contribution < -0.4 is 5.32 Å². The van der Waals surface area contributed by atoms with Crippen LogP contribution in [-0.2, 0) is 21.4 Å². The number of nitrogens with zero attached hydrogens (tertiary/aromatic N) is 2. The summed E-state index contributed by atoms with van der Waals surface area (Å²) in [4.78, 5) is 16.7. The van der Waals surface area contributed by atoms with Crippen molar-refractivity contribution in [2.24, 2.45) is 0 Å². The lowest BCUT2D eigenvalue weighted by Crippen LogP contribution is -2.30. The van der Waals surface area contributed by atoms with Crippen molar-refractivity contribution in [3.63, 3.8) is 0 Å². The number of benzene rings is 1. The fraction of sp³-hybridized carbons (Fsp3) is 0.368. The maximum Gasteiger partial charge on any atom is 0.244 e. The fourth-order valence-electron chi connectivity index (χ4n) is 2.83. The van der Waals surface area contributed by atoms with Crippen LogP contribution in [0.4, 0.5) is 0 Å². The lowest BCUT2D eigenvalue weighted by atomic mass is 10.2. The normalized spacial score (nSPS) is 16.2. The number of hydrogen-bond acceptors (Lipinski definition) is 5. The molecule has 1 N–H and O–H groups in total. The molecule has 1 aliphatic heterocycles. The van der Waals surface area contributed by atoms with Gasteiger partial charge in [-0.1, -0.05) is 42.1 Å². The minimum Gasteiger partial charge on any atom is -0.351 e. The molecule has 3 rings (SSSR count). The largest absolute Gasteiger partial charge is 0.351 e. The van der Waals surface area contributed by atoms with E-state index >= 15 is 0 Å². The molecular formula is C19H23N3O3S2. The number of pyridine rings is 1. The molecule has 1 amide bonds. The Hall–Kier alpha value is -1.90. The average molecular weight is 406 g/mol. The minimum absolute atomic E-state index is 0.0839. The molecule has 0 saturated carbocycles. The van der Waals surface area contributed by atoms with Gasteiger partial charge < -0.3 is 5.32 Å². The van der Waals surface area contributed by atoms with Gasteiger partial charge in [0.2, 0.25) is 15.9 Å². The molecular weight excluding hydrogens is 382 g/mol. The summed E-state index contributed by atoms with van der Waals surface area (Å²) in [6.45, 7) is 3.42. The zero-order valence-corrected chi connectivity index (χ0v) is 16.8. The summed E-state index contributed by atoms with van der Waals surface area (Å²) in [6.07, 6.45) is 3.18. The number of thioether (sulfide) groups is 1. The standard InChI is InChI=1S/C19H23N3O3S2/c1-15(19(23)21-13-16-7-3-2-4-8-16)26-18-10-9-17(14-20-18)27(24,25)22-11-5-6-12-22/h2-4,7-10,14-15H,5-6,11-13H2,1H3,(H,21,23)/t15-/m1/s1. The number of nitrogens with one attached hydrogen (secondary N) is 1. The van der Waals surface area contributed by atoms with Crippen molar-refractivity contribution in [2.45, 2.75) is 41.5 Å². The number of aromatic nitrogens is 1. The van der Waals surface area contributed by atoms with Gasteiger partial charge in [-0.3, -0.25) is 4.79 Å². The van der Waals surface area contributed by atoms with Crippen LogP contribution in [0.2, 0.25) is 0 Å². The Kier molecular flexibility index (Phi) is 6.51. The minimum atomic E-state index is -3.46. The molecule has 1 aromatic carbocycles. The van der Waals surface area contributed by atoms with Gasteiger partial charge in [-0.15, -0.1) is 0 Å². The molecule has 1 aromatic heterocycles. The number of carbonyl (C=O) groups is 1. The molecule has 1 aliphatic rings. The Labute approximate surface area is 164 Å². The number of amides is 1. The summed E-state index contributed by atoms with van der Waals surface area (Å²) in [5, 5.41) is 3.19. The number of rotatable bonds is 7. The summed E-state index contributed by atoms with van der Waals surface area (Å²) in [7, 11) is -3.46. The van der Waals surface area contributed by atoms with Gasteiger partial charge >= 0.3 is 0 Å². The Bertz CT molecular complexity index is 865. The van der Waals surface area contributed by atoms with Crippen LogP contribution in [0.25, 0.3) is 0 Å². The van der Waals surface area contributed by atoms with Gasteiger partial charge in [0.05, 0.1) is 10.3 Å². The molecule has 0 unspecified atom stereocenters. The third-order valence-corrected chi connectivity index (χ3v) is 7.32. The third-order valence-electron chi connectivity index (χ3n) is 4.39. The molecule has 0 spiro atoms. The van der Waals surface area contributed by atoms with E-state index in [0.717, 1.165) is 18.4 Å². The lowest BCUT2D eigenvalue weighted by Gasteiger charge is -2.15. The first kappa shape index (κ1) is 19.9. The first-order chi connectivity index (χ1) is 13.0. The van der Waals surface area contributed by atoms with E-state index < -0.39 is 10.0 Å². The van der Waals surface area contributed by atoms with Crippen LogP contribution >= 0.6 is 11.8 Å². The molecule has 0 bridgehead atoms. The number of hydrogen-bond donors (Lipinski definition) is 1. The zero-order chi connectivity index (χ0) is 19.3. The summed E-state index contributed by atoms with van der Waals surface area (Å²) < 4.78 is 26.5. The van der Waals surface area contributed by atoms with Crippen molar-refractivity contribution in [3.05, 3.63) is 54.2 Å². The predicted molar refractivity (Wildman–Crippen MR) is 106 cm³/mol. The van der Waals surface area contributed by atoms with E-state index in [4.69, 9.17) is 0 Å². The predicted octanol–water partition coefficient (Wildman–Crippen LogP) is 2.66. The molecule has 0 aliphatic carbocycles. The van der Waals surface area contributed by atoms with E-state index in [1.165, 1.54) is 22.3 Å². The molecule has 2 heterocycles. The molecule has 8 heteroatoms. The second-order valence-electron chi connectivity index (χ2n) is 6.41. The molecule has 1 saturated heterocycles. The first-order valence-electron chi connectivity index (χ1n) is 8.91. The second kappa shape index (κ2) is 8.86. The summed E-state index contributed by atoms with van der Waals surface area (Å²) in [5.74, 6) is -0.0839. The molecule has 1 atom stereocenters. The van der Waals surface area contributed by atoms with Crippen molar-refractivity contribution in [3.8, 4) is 0 Å². The van der Waals surface area contributed by atoms with Crippen molar-refractivity contribution in [1.29, 1.82) is 0 Å². The molecule has 27 heavy (non-hydrogen) atoms. The molecule has 1 fully saturated rings. The Morgan fingerprint density at radius 1 is 1.19 bits per heavy atom. The van der Waals surface area contributed by atoms with Gasteiger partial charge in [0.15, 0.2) is 0 Å². The van der Waals surface area contributed by atoms with Crippen molar-refractivity contribution in [2.75, 3.05) is 13.1 Å². The summed E-state index contributed by atoms with van der Waals surface area (Å²) in [6, 6.07) is 12.9. The quantitative estimate of drug-likeness (QED) is 0.717. The third kappa shape index (κ3) is 5.09. The Morgan fingerprint density at radius 2 is 1.89 bits per heavy atom. The van der Waals surface area contributed by atoms with E-state index in [1.54, 1.807) is 12.1 Å². The second-order valence-corrected chi connectivity index (χ2v) is 9.71. The van der Waals surface area contributed by atoms with E-state index in [-0.39, 0.29) is 16.1 Å². The Morgan fingerprint density at radius 3 is 2.52 bits per heavy atom. The van der Waals surface area contributed by atoms with Crippen LogP contribution in [0, 0.1) is 0 Å². The maximum atomic E-state index is 12.5. The van der Waals surface area contributed by atoms with Crippen molar-refractivity contribution < 1.29 is 13.2 Å². The lowest BCUT2D eigenvalue weighted by molar-refractivity contribution is -0.120. The smallest absolute Gasteiger partial charge is 0.244 e. The SMILES string of the molecule is C[C@@H](Sc1ccc(S(=O)(=O)N2CCCC2)cn1)C(=O)NCc1ccccc1. The van der Waals surface area contributed by atoms with Crippen molar-refractivity contribution >= 4 is 27.7 Å². The van der Waals surface area contributed by atoms with E-state index in [2.05, 4.69) is 10.3 Å². The monoisotopic (exact) mass is 405 g/mol.